The number of rotatable bonds is 4. The molecule has 1 saturated carbocycles. The summed E-state index contributed by atoms with van der Waals surface area (Å²) in [6, 6.07) is 6.24. The Morgan fingerprint density at radius 2 is 2.05 bits per heavy atom. The van der Waals surface area contributed by atoms with Gasteiger partial charge in [-0.15, -0.1) is 0 Å². The summed E-state index contributed by atoms with van der Waals surface area (Å²) in [6.07, 6.45) is 4.00. The third kappa shape index (κ3) is 3.69. The monoisotopic (exact) mass is 302 g/mol. The molecule has 0 aromatic heterocycles. The highest BCUT2D eigenvalue weighted by Crippen LogP contribution is 2.25. The number of sulfonamides is 1. The molecule has 1 aromatic carbocycles. The van der Waals surface area contributed by atoms with Gasteiger partial charge in [-0.2, -0.15) is 0 Å². The minimum Gasteiger partial charge on any atom is -0.330 e. The summed E-state index contributed by atoms with van der Waals surface area (Å²) in [6.45, 7) is 0.517. The van der Waals surface area contributed by atoms with Gasteiger partial charge in [0.1, 0.15) is 0 Å². The summed E-state index contributed by atoms with van der Waals surface area (Å²) in [5, 5.41) is 0.418. The average Bonchev–Trinajstić information content (AvgIpc) is 2.39. The van der Waals surface area contributed by atoms with Crippen LogP contribution in [0.5, 0.6) is 0 Å². The van der Waals surface area contributed by atoms with Gasteiger partial charge in [0.25, 0.3) is 0 Å². The molecule has 0 heterocycles. The van der Waals surface area contributed by atoms with Crippen LogP contribution in [-0.2, 0) is 10.0 Å². The van der Waals surface area contributed by atoms with E-state index < -0.39 is 10.0 Å². The van der Waals surface area contributed by atoms with Gasteiger partial charge >= 0.3 is 0 Å². The lowest BCUT2D eigenvalue weighted by molar-refractivity contribution is 0.296. The molecular weight excluding hydrogens is 284 g/mol. The van der Waals surface area contributed by atoms with Crippen molar-refractivity contribution < 1.29 is 8.42 Å². The molecule has 0 spiro atoms. The molecule has 0 saturated heterocycles. The molecule has 0 amide bonds. The molecule has 4 nitrogen and oxygen atoms in total. The fourth-order valence-corrected chi connectivity index (χ4v) is 4.19. The van der Waals surface area contributed by atoms with Crippen LogP contribution in [0, 0.1) is 5.92 Å². The Bertz CT molecular complexity index is 533. The fraction of sp³-hybridized carbons (Fsp3) is 0.538. The molecule has 1 fully saturated rings. The van der Waals surface area contributed by atoms with Crippen molar-refractivity contribution in [2.45, 2.75) is 36.6 Å². The van der Waals surface area contributed by atoms with E-state index in [0.29, 0.717) is 11.6 Å². The second-order valence-electron chi connectivity index (χ2n) is 4.97. The average molecular weight is 303 g/mol. The van der Waals surface area contributed by atoms with Gasteiger partial charge in [0.15, 0.2) is 0 Å². The third-order valence-corrected chi connectivity index (χ3v) is 5.35. The van der Waals surface area contributed by atoms with Crippen molar-refractivity contribution in [2.24, 2.45) is 11.7 Å². The van der Waals surface area contributed by atoms with Crippen molar-refractivity contribution in [2.75, 3.05) is 6.54 Å². The van der Waals surface area contributed by atoms with E-state index in [1.54, 1.807) is 18.2 Å². The maximum absolute atomic E-state index is 12.3. The molecule has 6 heteroatoms. The summed E-state index contributed by atoms with van der Waals surface area (Å²) >= 11 is 5.84. The van der Waals surface area contributed by atoms with Gasteiger partial charge in [-0.25, -0.2) is 13.1 Å². The van der Waals surface area contributed by atoms with Crippen LogP contribution in [0.25, 0.3) is 0 Å². The second-order valence-corrected chi connectivity index (χ2v) is 7.12. The van der Waals surface area contributed by atoms with Crippen LogP contribution in [0.15, 0.2) is 29.2 Å². The molecule has 2 atom stereocenters. The van der Waals surface area contributed by atoms with E-state index in [1.807, 2.05) is 0 Å². The maximum atomic E-state index is 12.3. The van der Waals surface area contributed by atoms with Gasteiger partial charge in [-0.05, 0) is 43.5 Å². The molecular formula is C13H19ClN2O2S. The fourth-order valence-electron chi connectivity index (χ4n) is 2.55. The zero-order valence-corrected chi connectivity index (χ0v) is 12.3. The Hall–Kier alpha value is -0.620. The Kier molecular flexibility index (Phi) is 4.84. The topological polar surface area (TPSA) is 72.2 Å². The van der Waals surface area contributed by atoms with E-state index in [0.717, 1.165) is 25.7 Å². The number of hydrogen-bond donors (Lipinski definition) is 2. The zero-order chi connectivity index (χ0) is 13.9. The zero-order valence-electron chi connectivity index (χ0n) is 10.7. The van der Waals surface area contributed by atoms with Gasteiger partial charge in [-0.3, -0.25) is 0 Å². The van der Waals surface area contributed by atoms with Gasteiger partial charge in [0.2, 0.25) is 10.0 Å². The lowest BCUT2D eigenvalue weighted by Crippen LogP contribution is -2.44. The van der Waals surface area contributed by atoms with E-state index in [2.05, 4.69) is 4.72 Å². The van der Waals surface area contributed by atoms with Crippen LogP contribution in [0.3, 0.4) is 0 Å². The smallest absolute Gasteiger partial charge is 0.240 e. The predicted octanol–water partition coefficient (Wildman–Crippen LogP) is 2.14. The minimum absolute atomic E-state index is 0.0669. The van der Waals surface area contributed by atoms with Gasteiger partial charge in [0, 0.05) is 11.1 Å². The lowest BCUT2D eigenvalue weighted by atomic mass is 9.85. The maximum Gasteiger partial charge on any atom is 0.240 e. The van der Waals surface area contributed by atoms with Crippen molar-refractivity contribution >= 4 is 21.6 Å². The summed E-state index contributed by atoms with van der Waals surface area (Å²) < 4.78 is 27.4. The first kappa shape index (κ1) is 14.8. The normalized spacial score (nSPS) is 24.3. The highest BCUT2D eigenvalue weighted by Gasteiger charge is 2.28. The van der Waals surface area contributed by atoms with Crippen molar-refractivity contribution in [3.63, 3.8) is 0 Å². The molecule has 1 aliphatic carbocycles. The molecule has 1 aromatic rings. The van der Waals surface area contributed by atoms with Gasteiger partial charge in [-0.1, -0.05) is 30.5 Å². The van der Waals surface area contributed by atoms with E-state index in [9.17, 15) is 8.42 Å². The van der Waals surface area contributed by atoms with Crippen molar-refractivity contribution in [3.05, 3.63) is 29.3 Å². The number of nitrogens with two attached hydrogens (primary N) is 1. The summed E-state index contributed by atoms with van der Waals surface area (Å²) in [5.74, 6) is 0.225. The van der Waals surface area contributed by atoms with Gasteiger partial charge < -0.3 is 5.73 Å². The number of halogens is 1. The molecule has 0 aliphatic heterocycles. The third-order valence-electron chi connectivity index (χ3n) is 3.62. The number of benzene rings is 1. The molecule has 3 N–H and O–H groups in total. The molecule has 0 radical (unpaired) electrons. The predicted molar refractivity (Wildman–Crippen MR) is 76.6 cm³/mol. The molecule has 19 heavy (non-hydrogen) atoms. The molecule has 106 valence electrons. The molecule has 2 unspecified atom stereocenters. The van der Waals surface area contributed by atoms with Crippen LogP contribution in [0.4, 0.5) is 0 Å². The quantitative estimate of drug-likeness (QED) is 0.895. The SMILES string of the molecule is NCC1CCCCC1NS(=O)(=O)c1cccc(Cl)c1. The lowest BCUT2D eigenvalue weighted by Gasteiger charge is -2.31. The first-order valence-electron chi connectivity index (χ1n) is 6.51. The molecule has 2 rings (SSSR count). The van der Waals surface area contributed by atoms with E-state index in [4.69, 9.17) is 17.3 Å². The van der Waals surface area contributed by atoms with Crippen LogP contribution in [0.1, 0.15) is 25.7 Å². The highest BCUT2D eigenvalue weighted by molar-refractivity contribution is 7.89. The van der Waals surface area contributed by atoms with E-state index in [-0.39, 0.29) is 16.9 Å². The first-order valence-corrected chi connectivity index (χ1v) is 8.37. The molecule has 1 aliphatic rings. The van der Waals surface area contributed by atoms with Crippen LogP contribution in [-0.4, -0.2) is 21.0 Å². The summed E-state index contributed by atoms with van der Waals surface area (Å²) in [7, 11) is -3.52. The Morgan fingerprint density at radius 1 is 1.32 bits per heavy atom. The van der Waals surface area contributed by atoms with Crippen LogP contribution < -0.4 is 10.5 Å². The summed E-state index contributed by atoms with van der Waals surface area (Å²) in [5.41, 5.74) is 5.72. The van der Waals surface area contributed by atoms with Crippen LogP contribution >= 0.6 is 11.6 Å². The molecule has 0 bridgehead atoms. The Labute approximate surface area is 119 Å². The van der Waals surface area contributed by atoms with Crippen molar-refractivity contribution in [3.8, 4) is 0 Å². The Morgan fingerprint density at radius 3 is 2.74 bits per heavy atom. The first-order chi connectivity index (χ1) is 9.03. The highest BCUT2D eigenvalue weighted by atomic mass is 35.5. The second kappa shape index (κ2) is 6.22. The van der Waals surface area contributed by atoms with Crippen molar-refractivity contribution in [1.29, 1.82) is 0 Å². The van der Waals surface area contributed by atoms with Crippen LogP contribution in [0.2, 0.25) is 5.02 Å². The largest absolute Gasteiger partial charge is 0.330 e. The van der Waals surface area contributed by atoms with E-state index >= 15 is 0 Å². The standard InChI is InChI=1S/C13H19ClN2O2S/c14-11-5-3-6-12(8-11)19(17,18)16-13-7-2-1-4-10(13)9-15/h3,5-6,8,10,13,16H,1-2,4,7,9,15H2. The summed E-state index contributed by atoms with van der Waals surface area (Å²) in [4.78, 5) is 0.210. The Balaban J connectivity index is 2.16. The minimum atomic E-state index is -3.52. The number of nitrogens with one attached hydrogen (secondary N) is 1. The van der Waals surface area contributed by atoms with E-state index in [1.165, 1.54) is 6.07 Å². The number of hydrogen-bond acceptors (Lipinski definition) is 3. The van der Waals surface area contributed by atoms with Crippen molar-refractivity contribution in [1.82, 2.24) is 4.72 Å². The van der Waals surface area contributed by atoms with Gasteiger partial charge in [0.05, 0.1) is 4.90 Å².